The highest BCUT2D eigenvalue weighted by Crippen LogP contribution is 2.45. The van der Waals surface area contributed by atoms with Crippen molar-refractivity contribution < 1.29 is 24.4 Å². The van der Waals surface area contributed by atoms with Crippen molar-refractivity contribution in [2.75, 3.05) is 36.6 Å². The molecule has 9 nitrogen and oxygen atoms in total. The third-order valence-electron chi connectivity index (χ3n) is 4.59. The van der Waals surface area contributed by atoms with Gasteiger partial charge in [-0.1, -0.05) is 65.4 Å². The summed E-state index contributed by atoms with van der Waals surface area (Å²) in [6, 6.07) is 2.15. The van der Waals surface area contributed by atoms with Gasteiger partial charge in [0.15, 0.2) is 0 Å². The average Bonchev–Trinajstić information content (AvgIpc) is 2.79. The van der Waals surface area contributed by atoms with Gasteiger partial charge in [0.2, 0.25) is 0 Å². The summed E-state index contributed by atoms with van der Waals surface area (Å²) in [7, 11) is -1.00. The van der Waals surface area contributed by atoms with Crippen LogP contribution >= 0.6 is 58.0 Å². The second-order valence-electron chi connectivity index (χ2n) is 6.73. The molecule has 0 aliphatic carbocycles. The molecule has 17 heteroatoms. The molecule has 0 bridgehead atoms. The first kappa shape index (κ1) is 31.9. The number of hydrogen-bond donors (Lipinski definition) is 2. The molecule has 2 aromatic rings. The molecule has 0 spiro atoms. The first-order valence-corrected chi connectivity index (χ1v) is 11.0. The SMILES string of the molecule is C.Nc1c([N+](=O)[O-])cc(Cl)c(Cl)c1Cl.Nc1c([N+](=O)[O-])cc(Cl)c(N2CCC(F)(F)CC2)c1Cl.[2H]CF. The van der Waals surface area contributed by atoms with Gasteiger partial charge in [0.1, 0.15) is 11.4 Å². The van der Waals surface area contributed by atoms with E-state index in [4.69, 9.17) is 70.8 Å². The highest BCUT2D eigenvalue weighted by Gasteiger charge is 2.36. The molecule has 2 aromatic carbocycles. The van der Waals surface area contributed by atoms with Gasteiger partial charge >= 0.3 is 0 Å². The average molecular weight is 619 g/mol. The number of anilines is 3. The van der Waals surface area contributed by atoms with Gasteiger partial charge in [-0.05, 0) is 0 Å². The molecule has 0 radical (unpaired) electrons. The highest BCUT2D eigenvalue weighted by molar-refractivity contribution is 6.49. The summed E-state index contributed by atoms with van der Waals surface area (Å²) in [6.45, 7) is 0.118. The zero-order valence-electron chi connectivity index (χ0n) is 18.3. The van der Waals surface area contributed by atoms with Crippen LogP contribution in [0.1, 0.15) is 21.6 Å². The monoisotopic (exact) mass is 616 g/mol. The number of nitro benzene ring substituents is 2. The Morgan fingerprint density at radius 2 is 1.31 bits per heavy atom. The quantitative estimate of drug-likeness (QED) is 0.153. The normalized spacial score (nSPS) is 14.2. The van der Waals surface area contributed by atoms with E-state index in [-0.39, 0.29) is 81.2 Å². The van der Waals surface area contributed by atoms with Crippen LogP contribution in [0.15, 0.2) is 12.1 Å². The van der Waals surface area contributed by atoms with Crippen LogP contribution in [-0.4, -0.2) is 36.0 Å². The van der Waals surface area contributed by atoms with E-state index >= 15 is 0 Å². The summed E-state index contributed by atoms with van der Waals surface area (Å²) in [5.74, 6) is -2.71. The van der Waals surface area contributed by atoms with Crippen molar-refractivity contribution in [1.29, 1.82) is 0 Å². The van der Waals surface area contributed by atoms with Crippen LogP contribution in [-0.2, 0) is 0 Å². The number of benzene rings is 2. The van der Waals surface area contributed by atoms with Gasteiger partial charge in [-0.25, -0.2) is 8.78 Å². The van der Waals surface area contributed by atoms with Crippen LogP contribution in [0, 0.1) is 20.2 Å². The second-order valence-corrected chi connectivity index (χ2v) is 8.68. The lowest BCUT2D eigenvalue weighted by atomic mass is 10.1. The molecule has 0 saturated carbocycles. The molecule has 3 rings (SSSR count). The number of nitro groups is 2. The number of alkyl halides is 3. The van der Waals surface area contributed by atoms with Gasteiger partial charge in [0, 0.05) is 38.1 Å². The van der Waals surface area contributed by atoms with Crippen molar-refractivity contribution in [3.8, 4) is 0 Å². The molecular weight excluding hydrogens is 596 g/mol. The van der Waals surface area contributed by atoms with Gasteiger partial charge in [0.25, 0.3) is 17.3 Å². The molecule has 0 amide bonds. The Morgan fingerprint density at radius 3 is 1.72 bits per heavy atom. The molecule has 0 atom stereocenters. The summed E-state index contributed by atoms with van der Waals surface area (Å²) < 4.78 is 41.8. The molecule has 202 valence electrons. The number of halogens is 8. The van der Waals surface area contributed by atoms with Gasteiger partial charge in [-0.2, -0.15) is 0 Å². The van der Waals surface area contributed by atoms with Crippen molar-refractivity contribution in [3.05, 3.63) is 57.5 Å². The molecule has 1 aliphatic rings. The minimum absolute atomic E-state index is 0. The molecule has 1 fully saturated rings. The van der Waals surface area contributed by atoms with E-state index in [0.29, 0.717) is 0 Å². The highest BCUT2D eigenvalue weighted by atomic mass is 35.5. The van der Waals surface area contributed by atoms with Gasteiger partial charge in [0.05, 0.1) is 49.2 Å². The molecule has 1 heterocycles. The predicted octanol–water partition coefficient (Wildman–Crippen LogP) is 8.08. The zero-order chi connectivity index (χ0) is 28.0. The Kier molecular flexibility index (Phi) is 12.4. The lowest BCUT2D eigenvalue weighted by molar-refractivity contribution is -0.384. The van der Waals surface area contributed by atoms with Crippen LogP contribution in [0.2, 0.25) is 25.1 Å². The predicted molar refractivity (Wildman–Crippen MR) is 140 cm³/mol. The van der Waals surface area contributed by atoms with Crippen molar-refractivity contribution in [3.63, 3.8) is 0 Å². The Hall–Kier alpha value is -2.12. The summed E-state index contributed by atoms with van der Waals surface area (Å²) >= 11 is 28.7. The van der Waals surface area contributed by atoms with Gasteiger partial charge in [-0.3, -0.25) is 24.6 Å². The number of nitrogens with zero attached hydrogens (tertiary/aromatic N) is 3. The molecule has 1 aliphatic heterocycles. The minimum Gasteiger partial charge on any atom is -0.392 e. The van der Waals surface area contributed by atoms with Crippen molar-refractivity contribution in [2.45, 2.75) is 26.2 Å². The molecule has 0 aromatic heterocycles. The maximum Gasteiger partial charge on any atom is 0.295 e. The molecular formula is C19H21Cl5F3N5O4. The summed E-state index contributed by atoms with van der Waals surface area (Å²) in [5, 5.41) is 21.1. The third kappa shape index (κ3) is 7.94. The Bertz CT molecular complexity index is 1140. The van der Waals surface area contributed by atoms with E-state index in [2.05, 4.69) is 0 Å². The van der Waals surface area contributed by atoms with Crippen molar-refractivity contribution in [1.82, 2.24) is 0 Å². The standard InChI is InChI=1S/C11H11Cl2F2N3O2.C6H3Cl3N2O2.CH3F.CH4/c12-6-5-7(18(19)20)9(16)8(13)10(6)17-3-1-11(14,15)2-4-17;7-2-1-3(11(12)13)6(10)5(9)4(2)8;1-2;/h5H,1-4,16H2;1H,10H2;1H3;1H4/i;;1D;. The van der Waals surface area contributed by atoms with Crippen molar-refractivity contribution >= 4 is 86.4 Å². The lowest BCUT2D eigenvalue weighted by Crippen LogP contribution is -2.39. The third-order valence-corrected chi connectivity index (χ3v) is 6.54. The molecule has 4 N–H and O–H groups in total. The van der Waals surface area contributed by atoms with Crippen LogP contribution in [0.4, 0.5) is 41.6 Å². The van der Waals surface area contributed by atoms with E-state index in [1.165, 1.54) is 0 Å². The number of piperidine rings is 1. The largest absolute Gasteiger partial charge is 0.392 e. The minimum atomic E-state index is -2.71. The van der Waals surface area contributed by atoms with E-state index in [1.807, 2.05) is 0 Å². The van der Waals surface area contributed by atoms with Crippen LogP contribution in [0.25, 0.3) is 0 Å². The van der Waals surface area contributed by atoms with E-state index in [1.54, 1.807) is 4.90 Å². The van der Waals surface area contributed by atoms with Gasteiger partial charge in [-0.15, -0.1) is 0 Å². The van der Waals surface area contributed by atoms with Crippen LogP contribution < -0.4 is 16.4 Å². The van der Waals surface area contributed by atoms with Crippen molar-refractivity contribution in [2.24, 2.45) is 0 Å². The van der Waals surface area contributed by atoms with Gasteiger partial charge < -0.3 is 16.4 Å². The van der Waals surface area contributed by atoms with E-state index < -0.39 is 28.6 Å². The first-order valence-electron chi connectivity index (χ1n) is 9.77. The Labute approximate surface area is 230 Å². The molecule has 1 saturated heterocycles. The topological polar surface area (TPSA) is 142 Å². The Balaban J connectivity index is 0.000000661. The number of nitrogens with two attached hydrogens (primary N) is 2. The van der Waals surface area contributed by atoms with E-state index in [9.17, 15) is 33.4 Å². The summed E-state index contributed by atoms with van der Waals surface area (Å²) in [5.41, 5.74) is 10.1. The molecule has 0 unspecified atom stereocenters. The second kappa shape index (κ2) is 14.0. The maximum absolute atomic E-state index is 13.1. The van der Waals surface area contributed by atoms with Crippen LogP contribution in [0.3, 0.4) is 0 Å². The smallest absolute Gasteiger partial charge is 0.295 e. The fourth-order valence-corrected chi connectivity index (χ4v) is 4.14. The summed E-state index contributed by atoms with van der Waals surface area (Å²) in [6.07, 6.45) is -0.646. The number of nitrogen functional groups attached to an aromatic ring is 2. The first-order chi connectivity index (χ1) is 16.6. The number of hydrogen-bond acceptors (Lipinski definition) is 7. The summed E-state index contributed by atoms with van der Waals surface area (Å²) in [4.78, 5) is 21.4. The fourth-order valence-electron chi connectivity index (χ4n) is 2.86. The fraction of sp³-hybridized carbons (Fsp3) is 0.368. The lowest BCUT2D eigenvalue weighted by Gasteiger charge is -2.34. The molecule has 36 heavy (non-hydrogen) atoms. The van der Waals surface area contributed by atoms with E-state index in [0.717, 1.165) is 12.1 Å². The number of rotatable bonds is 3. The maximum atomic E-state index is 13.1. The Morgan fingerprint density at radius 1 is 0.917 bits per heavy atom. The van der Waals surface area contributed by atoms with Crippen LogP contribution in [0.5, 0.6) is 0 Å². The zero-order valence-corrected chi connectivity index (χ0v) is 21.1.